The van der Waals surface area contributed by atoms with Gasteiger partial charge in [0.15, 0.2) is 0 Å². The minimum absolute atomic E-state index is 0.829. The zero-order chi connectivity index (χ0) is 28.4. The van der Waals surface area contributed by atoms with Crippen LogP contribution in [0.2, 0.25) is 6.04 Å². The second kappa shape index (κ2) is 36.1. The minimum atomic E-state index is -2.35. The Morgan fingerprint density at radius 1 is 0.263 bits per heavy atom. The second-order valence-corrected chi connectivity index (χ2v) is 21.2. The molecule has 38 heavy (non-hydrogen) atoms. The van der Waals surface area contributed by atoms with Crippen LogP contribution in [0.5, 0.6) is 0 Å². The lowest BCUT2D eigenvalue weighted by Gasteiger charge is -2.07. The Morgan fingerprint density at radius 3 is 0.579 bits per heavy atom. The standard InChI is InChI=1S/C18H37Cl3Si.C16H34/c1-2-3-4-5-6-7-8-9-10-11-12-13-14-15-16-17-18-22(19,20)21;1-3-5-7-9-11-13-15-16-14-12-10-8-6-4-2/h2-18H2,1H3;3-16H2,1-2H3. The molecule has 0 radical (unpaired) electrons. The first-order valence-corrected chi connectivity index (χ1v) is 22.8. The molecular weight excluding hydrogens is 543 g/mol. The summed E-state index contributed by atoms with van der Waals surface area (Å²) in [6.07, 6.45) is 42.6. The summed E-state index contributed by atoms with van der Waals surface area (Å²) in [4.78, 5) is 0. The SMILES string of the molecule is CCCCCCCCCCCCCCCC.CCCCCCCCCCCCCCCCCC[Si](Cl)(Cl)Cl. The molecule has 0 nitrogen and oxygen atoms in total. The molecule has 0 saturated carbocycles. The number of rotatable bonds is 30. The van der Waals surface area contributed by atoms with Gasteiger partial charge in [-0.3, -0.25) is 0 Å². The molecule has 0 aromatic rings. The molecule has 0 saturated heterocycles. The molecule has 0 spiro atoms. The molecule has 0 aliphatic rings. The Labute approximate surface area is 257 Å². The monoisotopic (exact) mass is 612 g/mol. The zero-order valence-corrected chi connectivity index (χ0v) is 29.8. The van der Waals surface area contributed by atoms with Crippen molar-refractivity contribution in [2.24, 2.45) is 0 Å². The van der Waals surface area contributed by atoms with Crippen LogP contribution >= 0.6 is 33.2 Å². The fourth-order valence-electron chi connectivity index (χ4n) is 5.14. The molecule has 0 aliphatic carbocycles. The van der Waals surface area contributed by atoms with Gasteiger partial charge in [0.1, 0.15) is 0 Å². The van der Waals surface area contributed by atoms with Gasteiger partial charge in [-0.1, -0.05) is 213 Å². The van der Waals surface area contributed by atoms with Crippen LogP contribution in [0.4, 0.5) is 0 Å². The fourth-order valence-corrected chi connectivity index (χ4v) is 6.99. The third-order valence-corrected chi connectivity index (χ3v) is 10.4. The van der Waals surface area contributed by atoms with Gasteiger partial charge in [-0.25, -0.2) is 0 Å². The number of hydrogen-bond acceptors (Lipinski definition) is 0. The van der Waals surface area contributed by atoms with Crippen molar-refractivity contribution in [1.82, 2.24) is 0 Å². The van der Waals surface area contributed by atoms with E-state index in [4.69, 9.17) is 33.2 Å². The van der Waals surface area contributed by atoms with E-state index in [1.54, 1.807) is 0 Å². The molecule has 0 atom stereocenters. The van der Waals surface area contributed by atoms with Crippen LogP contribution < -0.4 is 0 Å². The molecule has 0 aliphatic heterocycles. The van der Waals surface area contributed by atoms with Crippen molar-refractivity contribution in [3.63, 3.8) is 0 Å². The lowest BCUT2D eigenvalue weighted by atomic mass is 10.0. The molecule has 0 amide bonds. The maximum atomic E-state index is 5.87. The van der Waals surface area contributed by atoms with E-state index in [2.05, 4.69) is 20.8 Å². The van der Waals surface area contributed by atoms with Crippen LogP contribution in [0.3, 0.4) is 0 Å². The van der Waals surface area contributed by atoms with Crippen LogP contribution in [0.25, 0.3) is 0 Å². The molecule has 0 N–H and O–H groups in total. The van der Waals surface area contributed by atoms with Crippen molar-refractivity contribution < 1.29 is 0 Å². The Balaban J connectivity index is 0. The minimum Gasteiger partial charge on any atom is -0.126 e. The Hall–Kier alpha value is 1.09. The molecule has 0 unspecified atom stereocenters. The van der Waals surface area contributed by atoms with Gasteiger partial charge in [-0.2, -0.15) is 0 Å². The van der Waals surface area contributed by atoms with Crippen LogP contribution in [0, 0.1) is 0 Å². The molecule has 0 heterocycles. The quantitative estimate of drug-likeness (QED) is 0.0429. The predicted octanol–water partition coefficient (Wildman–Crippen LogP) is 15.4. The Kier molecular flexibility index (Phi) is 39.2. The van der Waals surface area contributed by atoms with Gasteiger partial charge in [0, 0.05) is 0 Å². The van der Waals surface area contributed by atoms with Gasteiger partial charge in [-0.05, 0) is 6.04 Å². The normalized spacial score (nSPS) is 11.5. The molecule has 0 bridgehead atoms. The topological polar surface area (TPSA) is 0 Å². The lowest BCUT2D eigenvalue weighted by Crippen LogP contribution is -2.07. The molecule has 0 fully saturated rings. The molecular formula is C34H71Cl3Si. The summed E-state index contributed by atoms with van der Waals surface area (Å²) < 4.78 is 0. The maximum Gasteiger partial charge on any atom is 0.341 e. The van der Waals surface area contributed by atoms with E-state index >= 15 is 0 Å². The smallest absolute Gasteiger partial charge is 0.126 e. The van der Waals surface area contributed by atoms with Crippen LogP contribution in [-0.4, -0.2) is 6.00 Å². The highest BCUT2D eigenvalue weighted by Crippen LogP contribution is 2.27. The summed E-state index contributed by atoms with van der Waals surface area (Å²) in [5.74, 6) is 0. The summed E-state index contributed by atoms with van der Waals surface area (Å²) in [5, 5.41) is 0. The van der Waals surface area contributed by atoms with Gasteiger partial charge in [-0.15, -0.1) is 33.2 Å². The maximum absolute atomic E-state index is 5.87. The van der Waals surface area contributed by atoms with Gasteiger partial charge in [0.25, 0.3) is 0 Å². The molecule has 4 heteroatoms. The van der Waals surface area contributed by atoms with Crippen LogP contribution in [0.15, 0.2) is 0 Å². The highest BCUT2D eigenvalue weighted by molar-refractivity contribution is 7.64. The lowest BCUT2D eigenvalue weighted by molar-refractivity contribution is 0.531. The van der Waals surface area contributed by atoms with Gasteiger partial charge < -0.3 is 0 Å². The number of unbranched alkanes of at least 4 members (excludes halogenated alkanes) is 28. The van der Waals surface area contributed by atoms with Crippen LogP contribution in [-0.2, 0) is 0 Å². The van der Waals surface area contributed by atoms with Crippen molar-refractivity contribution in [1.29, 1.82) is 0 Å². The van der Waals surface area contributed by atoms with E-state index in [9.17, 15) is 0 Å². The largest absolute Gasteiger partial charge is 0.341 e. The first-order chi connectivity index (χ1) is 18.5. The average molecular weight is 614 g/mol. The van der Waals surface area contributed by atoms with Gasteiger partial charge >= 0.3 is 6.00 Å². The third-order valence-electron chi connectivity index (χ3n) is 7.77. The van der Waals surface area contributed by atoms with E-state index in [1.807, 2.05) is 0 Å². The van der Waals surface area contributed by atoms with Crippen molar-refractivity contribution in [2.45, 2.75) is 219 Å². The first kappa shape index (κ1) is 41.2. The Bertz CT molecular complexity index is 384. The first-order valence-electron chi connectivity index (χ1n) is 17.5. The summed E-state index contributed by atoms with van der Waals surface area (Å²) in [7, 11) is 0. The van der Waals surface area contributed by atoms with E-state index in [1.165, 1.54) is 186 Å². The molecule has 0 aromatic carbocycles. The van der Waals surface area contributed by atoms with E-state index in [-0.39, 0.29) is 0 Å². The second-order valence-electron chi connectivity index (χ2n) is 11.9. The summed E-state index contributed by atoms with van der Waals surface area (Å²) in [5.41, 5.74) is 0. The summed E-state index contributed by atoms with van der Waals surface area (Å²) >= 11 is 17.6. The van der Waals surface area contributed by atoms with Crippen molar-refractivity contribution in [3.8, 4) is 0 Å². The van der Waals surface area contributed by atoms with Crippen LogP contribution in [0.1, 0.15) is 213 Å². The van der Waals surface area contributed by atoms with Gasteiger partial charge in [0.2, 0.25) is 0 Å². The Morgan fingerprint density at radius 2 is 0.421 bits per heavy atom. The predicted molar refractivity (Wildman–Crippen MR) is 184 cm³/mol. The number of halogens is 3. The van der Waals surface area contributed by atoms with Crippen molar-refractivity contribution >= 4 is 39.2 Å². The van der Waals surface area contributed by atoms with E-state index in [0.717, 1.165) is 12.5 Å². The zero-order valence-electron chi connectivity index (χ0n) is 26.6. The highest BCUT2D eigenvalue weighted by atomic mass is 35.8. The fraction of sp³-hybridized carbons (Fsp3) is 1.00. The summed E-state index contributed by atoms with van der Waals surface area (Å²) in [6.45, 7) is 6.86. The molecule has 0 aromatic heterocycles. The average Bonchev–Trinajstić information content (AvgIpc) is 2.89. The van der Waals surface area contributed by atoms with Crippen molar-refractivity contribution in [2.75, 3.05) is 0 Å². The molecule has 232 valence electrons. The highest BCUT2D eigenvalue weighted by Gasteiger charge is 2.23. The van der Waals surface area contributed by atoms with E-state index < -0.39 is 6.00 Å². The summed E-state index contributed by atoms with van der Waals surface area (Å²) in [6, 6.07) is -1.52. The van der Waals surface area contributed by atoms with Crippen molar-refractivity contribution in [3.05, 3.63) is 0 Å². The van der Waals surface area contributed by atoms with E-state index in [0.29, 0.717) is 0 Å². The number of hydrogen-bond donors (Lipinski definition) is 0. The molecule has 0 rings (SSSR count). The van der Waals surface area contributed by atoms with Gasteiger partial charge in [0.05, 0.1) is 0 Å². The third kappa shape index (κ3) is 44.1.